The molecule has 2 N–H and O–H groups in total. The first-order valence-corrected chi connectivity index (χ1v) is 6.99. The van der Waals surface area contributed by atoms with Crippen LogP contribution in [0.3, 0.4) is 0 Å². The van der Waals surface area contributed by atoms with Crippen molar-refractivity contribution in [2.75, 3.05) is 6.61 Å². The minimum atomic E-state index is -0.593. The number of rotatable bonds is 5. The molecule has 116 valence electrons. The number of amides is 2. The molecular weight excluding hydrogens is 298 g/mol. The quantitative estimate of drug-likeness (QED) is 0.863. The summed E-state index contributed by atoms with van der Waals surface area (Å²) in [5.41, 5.74) is 6.10. The molecule has 0 saturated heterocycles. The van der Waals surface area contributed by atoms with Crippen molar-refractivity contribution < 1.29 is 14.3 Å². The average molecular weight is 311 g/mol. The molecule has 0 bridgehead atoms. The molecule has 2 heterocycles. The molecule has 8 heteroatoms. The molecule has 0 aromatic heterocycles. The van der Waals surface area contributed by atoms with E-state index in [-0.39, 0.29) is 22.9 Å². The van der Waals surface area contributed by atoms with Gasteiger partial charge in [0.25, 0.3) is 0 Å². The lowest BCUT2D eigenvalue weighted by atomic mass is 10.1. The summed E-state index contributed by atoms with van der Waals surface area (Å²) < 4.78 is 5.64. The molecular formula is C15H13N5O3. The second-order valence-electron chi connectivity index (χ2n) is 4.82. The Bertz CT molecular complexity index is 820. The predicted octanol–water partition coefficient (Wildman–Crippen LogP) is 0.743. The number of fused-ring (bicyclic) bond motifs is 1. The van der Waals surface area contributed by atoms with E-state index in [9.17, 15) is 9.59 Å². The Morgan fingerprint density at radius 1 is 1.26 bits per heavy atom. The number of nitrogens with two attached hydrogens (primary N) is 1. The molecule has 2 amide bonds. The zero-order valence-electron chi connectivity index (χ0n) is 12.3. The number of carbonyl (C=O) groups excluding carboxylic acids is 2. The summed E-state index contributed by atoms with van der Waals surface area (Å²) in [5.74, 6) is -0.337. The van der Waals surface area contributed by atoms with E-state index in [1.54, 1.807) is 12.1 Å². The highest BCUT2D eigenvalue weighted by atomic mass is 16.5. The summed E-state index contributed by atoms with van der Waals surface area (Å²) in [6.07, 6.45) is 2.05. The van der Waals surface area contributed by atoms with E-state index in [4.69, 9.17) is 10.5 Å². The van der Waals surface area contributed by atoms with Gasteiger partial charge in [0.15, 0.2) is 17.4 Å². The van der Waals surface area contributed by atoms with Gasteiger partial charge in [0.05, 0.1) is 12.2 Å². The number of amidine groups is 2. The summed E-state index contributed by atoms with van der Waals surface area (Å²) in [5, 5.41) is 0. The fraction of sp³-hybridized carbons (Fsp3) is 0.200. The second-order valence-corrected chi connectivity index (χ2v) is 4.82. The molecule has 1 aromatic rings. The summed E-state index contributed by atoms with van der Waals surface area (Å²) in [6.45, 7) is 2.45. The number of hydrogen-bond donors (Lipinski definition) is 1. The predicted molar refractivity (Wildman–Crippen MR) is 85.7 cm³/mol. The van der Waals surface area contributed by atoms with Crippen LogP contribution in [0.15, 0.2) is 38.2 Å². The molecule has 0 spiro atoms. The Hall–Kier alpha value is -3.16. The lowest BCUT2D eigenvalue weighted by molar-refractivity contribution is -0.111. The monoisotopic (exact) mass is 311 g/mol. The van der Waals surface area contributed by atoms with Crippen molar-refractivity contribution in [1.82, 2.24) is 0 Å². The highest BCUT2D eigenvalue weighted by Crippen LogP contribution is 2.24. The fourth-order valence-corrected chi connectivity index (χ4v) is 2.08. The van der Waals surface area contributed by atoms with Gasteiger partial charge in [-0.2, -0.15) is 4.99 Å². The largest absolute Gasteiger partial charge is 0.493 e. The maximum atomic E-state index is 12.0. The lowest BCUT2D eigenvalue weighted by Gasteiger charge is -2.13. The molecule has 0 atom stereocenters. The van der Waals surface area contributed by atoms with Crippen LogP contribution in [0.2, 0.25) is 0 Å². The maximum Gasteiger partial charge on any atom is 0.301 e. The summed E-state index contributed by atoms with van der Waals surface area (Å²) >= 11 is 0. The minimum Gasteiger partial charge on any atom is -0.493 e. The topological polar surface area (TPSA) is 119 Å². The van der Waals surface area contributed by atoms with Gasteiger partial charge in [0.2, 0.25) is 5.91 Å². The Morgan fingerprint density at radius 3 is 2.83 bits per heavy atom. The zero-order valence-corrected chi connectivity index (χ0v) is 12.3. The van der Waals surface area contributed by atoms with Crippen LogP contribution < -0.4 is 10.5 Å². The van der Waals surface area contributed by atoms with Gasteiger partial charge >= 0.3 is 5.91 Å². The third-order valence-corrected chi connectivity index (χ3v) is 3.17. The van der Waals surface area contributed by atoms with Crippen molar-refractivity contribution in [3.8, 4) is 5.75 Å². The van der Waals surface area contributed by atoms with Crippen LogP contribution in [0, 0.1) is 0 Å². The van der Waals surface area contributed by atoms with Crippen LogP contribution in [0.1, 0.15) is 29.3 Å². The van der Waals surface area contributed by atoms with Crippen LogP contribution in [-0.2, 0) is 4.79 Å². The van der Waals surface area contributed by atoms with Crippen LogP contribution in [0.4, 0.5) is 0 Å². The zero-order chi connectivity index (χ0) is 16.4. The fourth-order valence-electron chi connectivity index (χ4n) is 2.08. The van der Waals surface area contributed by atoms with E-state index in [1.807, 2.05) is 6.92 Å². The van der Waals surface area contributed by atoms with Crippen molar-refractivity contribution in [2.24, 2.45) is 25.7 Å². The van der Waals surface area contributed by atoms with Gasteiger partial charge in [0.1, 0.15) is 12.1 Å². The van der Waals surface area contributed by atoms with E-state index >= 15 is 0 Å². The van der Waals surface area contributed by atoms with Crippen molar-refractivity contribution >= 4 is 35.5 Å². The number of primary amides is 1. The summed E-state index contributed by atoms with van der Waals surface area (Å²) in [6, 6.07) is 4.67. The molecule has 2 aliphatic heterocycles. The molecule has 0 aliphatic carbocycles. The second kappa shape index (κ2) is 5.91. The first-order valence-electron chi connectivity index (χ1n) is 6.99. The van der Waals surface area contributed by atoms with Crippen LogP contribution in [0.25, 0.3) is 0 Å². The minimum absolute atomic E-state index is 0.107. The molecule has 1 aromatic carbocycles. The van der Waals surface area contributed by atoms with Crippen molar-refractivity contribution in [3.63, 3.8) is 0 Å². The van der Waals surface area contributed by atoms with E-state index in [1.165, 1.54) is 12.4 Å². The first kappa shape index (κ1) is 14.8. The third-order valence-electron chi connectivity index (χ3n) is 3.17. The number of carbonyl (C=O) groups is 2. The maximum absolute atomic E-state index is 12.0. The van der Waals surface area contributed by atoms with Crippen molar-refractivity contribution in [2.45, 2.75) is 13.3 Å². The molecule has 8 nitrogen and oxygen atoms in total. The van der Waals surface area contributed by atoms with E-state index in [0.717, 1.165) is 6.42 Å². The van der Waals surface area contributed by atoms with E-state index in [2.05, 4.69) is 20.0 Å². The van der Waals surface area contributed by atoms with Gasteiger partial charge in [-0.15, -0.1) is 0 Å². The van der Waals surface area contributed by atoms with Gasteiger partial charge in [-0.3, -0.25) is 9.59 Å². The normalized spacial score (nSPS) is 15.7. The average Bonchev–Trinajstić information content (AvgIpc) is 3.01. The lowest BCUT2D eigenvalue weighted by Crippen LogP contribution is -2.26. The van der Waals surface area contributed by atoms with E-state index in [0.29, 0.717) is 17.9 Å². The van der Waals surface area contributed by atoms with Crippen LogP contribution in [0.5, 0.6) is 5.75 Å². The number of ether oxygens (including phenoxy) is 1. The van der Waals surface area contributed by atoms with Gasteiger partial charge < -0.3 is 10.5 Å². The molecule has 0 fully saturated rings. The molecule has 23 heavy (non-hydrogen) atoms. The Kier molecular flexibility index (Phi) is 3.80. The standard InChI is InChI=1S/C15H13N5O3/c1-2-5-23-10-4-3-8(12(16)21)6-9(10)13-19-14-11(15(22)20-13)17-7-18-14/h3-4,6-7H,2,5H2,1H3,(H2,16,21). The van der Waals surface area contributed by atoms with Gasteiger partial charge in [-0.1, -0.05) is 6.92 Å². The third kappa shape index (κ3) is 2.78. The van der Waals surface area contributed by atoms with E-state index < -0.39 is 11.8 Å². The summed E-state index contributed by atoms with van der Waals surface area (Å²) in [4.78, 5) is 39.3. The molecule has 2 aliphatic rings. The highest BCUT2D eigenvalue weighted by Gasteiger charge is 2.27. The van der Waals surface area contributed by atoms with Crippen molar-refractivity contribution in [1.29, 1.82) is 0 Å². The molecule has 3 rings (SSSR count). The van der Waals surface area contributed by atoms with Gasteiger partial charge in [-0.05, 0) is 24.6 Å². The molecule has 0 radical (unpaired) electrons. The smallest absolute Gasteiger partial charge is 0.301 e. The van der Waals surface area contributed by atoms with Crippen molar-refractivity contribution in [3.05, 3.63) is 29.3 Å². The highest BCUT2D eigenvalue weighted by molar-refractivity contribution is 6.71. The SMILES string of the molecule is CCCOc1ccc(C(N)=O)cc1C1=NC(=O)C2=NC=NC2=N1. The number of aliphatic imine (C=N–C) groups is 4. The number of nitrogens with zero attached hydrogens (tertiary/aromatic N) is 4. The first-order chi connectivity index (χ1) is 11.1. The summed E-state index contributed by atoms with van der Waals surface area (Å²) in [7, 11) is 0. The Morgan fingerprint density at radius 2 is 2.09 bits per heavy atom. The number of benzene rings is 1. The van der Waals surface area contributed by atoms with Gasteiger partial charge in [0, 0.05) is 5.56 Å². The van der Waals surface area contributed by atoms with Crippen LogP contribution in [-0.4, -0.2) is 42.1 Å². The Labute approximate surface area is 131 Å². The molecule has 0 unspecified atom stereocenters. The molecule has 0 saturated carbocycles. The Balaban J connectivity index is 2.08. The van der Waals surface area contributed by atoms with Crippen LogP contribution >= 0.6 is 0 Å². The number of hydrogen-bond acceptors (Lipinski definition) is 6. The van der Waals surface area contributed by atoms with Gasteiger partial charge in [-0.25, -0.2) is 15.0 Å².